The monoisotopic (exact) mass is 301 g/mol. The van der Waals surface area contributed by atoms with Crippen LogP contribution in [0.2, 0.25) is 0 Å². The Morgan fingerprint density at radius 3 is 2.57 bits per heavy atom. The minimum absolute atomic E-state index is 0.0915. The van der Waals surface area contributed by atoms with Crippen LogP contribution in [0.1, 0.15) is 16.7 Å². The van der Waals surface area contributed by atoms with Crippen molar-refractivity contribution in [3.8, 4) is 0 Å². The lowest BCUT2D eigenvalue weighted by atomic mass is 10.0. The molecule has 23 heavy (non-hydrogen) atoms. The molecule has 0 aliphatic heterocycles. The lowest BCUT2D eigenvalue weighted by Gasteiger charge is -2.25. The van der Waals surface area contributed by atoms with E-state index < -0.39 is 0 Å². The molecule has 0 saturated heterocycles. The quantitative estimate of drug-likeness (QED) is 0.570. The molecular formula is C20H19N3. The van der Waals surface area contributed by atoms with Gasteiger partial charge < -0.3 is 10.6 Å². The molecule has 114 valence electrons. The minimum atomic E-state index is 0.0915. The number of guanidine groups is 1. The number of nitrogens with one attached hydrogen (secondary N) is 1. The van der Waals surface area contributed by atoms with Crippen molar-refractivity contribution >= 4 is 22.4 Å². The Morgan fingerprint density at radius 2 is 1.78 bits per heavy atom. The number of nitrogens with two attached hydrogens (primary N) is 1. The Kier molecular flexibility index (Phi) is 3.27. The molecule has 4 rings (SSSR count). The summed E-state index contributed by atoms with van der Waals surface area (Å²) in [7, 11) is 0. The van der Waals surface area contributed by atoms with Crippen molar-refractivity contribution in [1.82, 2.24) is 0 Å². The van der Waals surface area contributed by atoms with E-state index in [1.165, 1.54) is 21.9 Å². The summed E-state index contributed by atoms with van der Waals surface area (Å²) in [5, 5.41) is 10.7. The highest BCUT2D eigenvalue weighted by molar-refractivity contribution is 6.00. The molecule has 3 N–H and O–H groups in total. The number of nitrogens with zero attached hydrogens (tertiary/aromatic N) is 1. The van der Waals surface area contributed by atoms with E-state index in [1.54, 1.807) is 0 Å². The molecule has 3 heteroatoms. The third kappa shape index (κ3) is 2.34. The summed E-state index contributed by atoms with van der Waals surface area (Å²) in [4.78, 5) is 1.91. The van der Waals surface area contributed by atoms with Crippen LogP contribution >= 0.6 is 0 Å². The Labute approximate surface area is 135 Å². The van der Waals surface area contributed by atoms with Gasteiger partial charge >= 0.3 is 0 Å². The number of aryl methyl sites for hydroxylation is 2. The van der Waals surface area contributed by atoms with Gasteiger partial charge in [-0.25, -0.2) is 0 Å². The van der Waals surface area contributed by atoms with Crippen LogP contribution in [0.3, 0.4) is 0 Å². The molecule has 0 fully saturated rings. The van der Waals surface area contributed by atoms with Crippen molar-refractivity contribution < 1.29 is 0 Å². The van der Waals surface area contributed by atoms with Gasteiger partial charge in [0.1, 0.15) is 0 Å². The van der Waals surface area contributed by atoms with Crippen LogP contribution in [-0.2, 0) is 19.4 Å². The first-order valence-corrected chi connectivity index (χ1v) is 7.93. The molecule has 0 heterocycles. The summed E-state index contributed by atoms with van der Waals surface area (Å²) in [6.45, 7) is 0.622. The molecule has 0 bridgehead atoms. The number of benzene rings is 3. The molecule has 0 unspecified atom stereocenters. The molecule has 0 atom stereocenters. The second-order valence-electron chi connectivity index (χ2n) is 6.04. The normalized spacial score (nSPS) is 12.5. The Hall–Kier alpha value is -2.81. The first kappa shape index (κ1) is 13.8. The molecular weight excluding hydrogens is 282 g/mol. The van der Waals surface area contributed by atoms with E-state index in [2.05, 4.69) is 42.5 Å². The number of hydrogen-bond donors (Lipinski definition) is 2. The summed E-state index contributed by atoms with van der Waals surface area (Å²) in [5.41, 5.74) is 10.9. The van der Waals surface area contributed by atoms with E-state index in [0.29, 0.717) is 6.54 Å². The van der Waals surface area contributed by atoms with E-state index in [1.807, 2.05) is 23.1 Å². The van der Waals surface area contributed by atoms with Gasteiger partial charge in [0.05, 0.1) is 6.54 Å². The van der Waals surface area contributed by atoms with Crippen LogP contribution in [0.4, 0.5) is 5.69 Å². The maximum atomic E-state index is 8.04. The zero-order chi connectivity index (χ0) is 15.8. The first-order valence-electron chi connectivity index (χ1n) is 7.93. The summed E-state index contributed by atoms with van der Waals surface area (Å²) in [6, 6.07) is 20.9. The average molecular weight is 301 g/mol. The molecule has 1 aliphatic carbocycles. The minimum Gasteiger partial charge on any atom is -0.370 e. The van der Waals surface area contributed by atoms with E-state index in [9.17, 15) is 0 Å². The fraction of sp³-hybridized carbons (Fsp3) is 0.150. The van der Waals surface area contributed by atoms with Crippen molar-refractivity contribution in [2.24, 2.45) is 5.73 Å². The van der Waals surface area contributed by atoms with Crippen LogP contribution in [0.25, 0.3) is 10.8 Å². The lowest BCUT2D eigenvalue weighted by molar-refractivity contribution is 0.957. The standard InChI is InChI=1S/C20H19N3/c21-20(22)23(13-14-5-2-1-3-6-14)18-12-10-16-8-4-7-15-9-11-17(18)19(15)16/h1-8,10,12H,9,11,13H2,(H3,21,22). The van der Waals surface area contributed by atoms with Gasteiger partial charge in [0, 0.05) is 5.69 Å². The highest BCUT2D eigenvalue weighted by Gasteiger charge is 2.21. The molecule has 1 aliphatic rings. The zero-order valence-corrected chi connectivity index (χ0v) is 12.9. The summed E-state index contributed by atoms with van der Waals surface area (Å²) < 4.78 is 0. The van der Waals surface area contributed by atoms with E-state index in [0.717, 1.165) is 24.1 Å². The Bertz CT molecular complexity index is 884. The number of rotatable bonds is 3. The van der Waals surface area contributed by atoms with Gasteiger partial charge in [-0.05, 0) is 46.4 Å². The molecule has 0 radical (unpaired) electrons. The number of anilines is 1. The van der Waals surface area contributed by atoms with Gasteiger partial charge in [-0.1, -0.05) is 54.6 Å². The van der Waals surface area contributed by atoms with Crippen molar-refractivity contribution in [2.75, 3.05) is 4.90 Å². The summed E-state index contributed by atoms with van der Waals surface area (Å²) in [6.07, 6.45) is 2.09. The molecule has 0 spiro atoms. The third-order valence-electron chi connectivity index (χ3n) is 4.62. The fourth-order valence-corrected chi connectivity index (χ4v) is 3.56. The van der Waals surface area contributed by atoms with Gasteiger partial charge in [-0.15, -0.1) is 0 Å². The molecule has 3 aromatic rings. The van der Waals surface area contributed by atoms with Gasteiger partial charge in [-0.2, -0.15) is 0 Å². The molecule has 0 saturated carbocycles. The second kappa shape index (κ2) is 5.43. The maximum absolute atomic E-state index is 8.04. The third-order valence-corrected chi connectivity index (χ3v) is 4.62. The smallest absolute Gasteiger partial charge is 0.193 e. The Morgan fingerprint density at radius 1 is 0.957 bits per heavy atom. The highest BCUT2D eigenvalue weighted by Crippen LogP contribution is 2.37. The van der Waals surface area contributed by atoms with Crippen molar-refractivity contribution in [1.29, 1.82) is 5.41 Å². The van der Waals surface area contributed by atoms with Crippen molar-refractivity contribution in [3.63, 3.8) is 0 Å². The largest absolute Gasteiger partial charge is 0.370 e. The van der Waals surface area contributed by atoms with E-state index >= 15 is 0 Å². The zero-order valence-electron chi connectivity index (χ0n) is 12.9. The SMILES string of the molecule is N=C(N)N(Cc1ccccc1)c1ccc2cccc3c2c1CC3. The predicted molar refractivity (Wildman–Crippen MR) is 95.9 cm³/mol. The van der Waals surface area contributed by atoms with Crippen LogP contribution in [0, 0.1) is 5.41 Å². The molecule has 3 nitrogen and oxygen atoms in total. The molecule has 0 aromatic heterocycles. The molecule has 3 aromatic carbocycles. The maximum Gasteiger partial charge on any atom is 0.193 e. The van der Waals surface area contributed by atoms with Gasteiger partial charge in [0.25, 0.3) is 0 Å². The molecule has 0 amide bonds. The van der Waals surface area contributed by atoms with Crippen LogP contribution in [-0.4, -0.2) is 5.96 Å². The lowest BCUT2D eigenvalue weighted by Crippen LogP contribution is -2.36. The summed E-state index contributed by atoms with van der Waals surface area (Å²) >= 11 is 0. The van der Waals surface area contributed by atoms with E-state index in [4.69, 9.17) is 11.1 Å². The predicted octanol–water partition coefficient (Wildman–Crippen LogP) is 3.84. The van der Waals surface area contributed by atoms with Crippen LogP contribution < -0.4 is 10.6 Å². The van der Waals surface area contributed by atoms with Crippen molar-refractivity contribution in [3.05, 3.63) is 77.4 Å². The summed E-state index contributed by atoms with van der Waals surface area (Å²) in [5.74, 6) is 0.0915. The number of hydrogen-bond acceptors (Lipinski definition) is 1. The Balaban J connectivity index is 1.82. The van der Waals surface area contributed by atoms with Crippen LogP contribution in [0.15, 0.2) is 60.7 Å². The fourth-order valence-electron chi connectivity index (χ4n) is 3.56. The highest BCUT2D eigenvalue weighted by atomic mass is 15.2. The average Bonchev–Trinajstić information content (AvgIpc) is 3.00. The first-order chi connectivity index (χ1) is 11.2. The second-order valence-corrected chi connectivity index (χ2v) is 6.04. The van der Waals surface area contributed by atoms with Crippen LogP contribution in [0.5, 0.6) is 0 Å². The van der Waals surface area contributed by atoms with E-state index in [-0.39, 0.29) is 5.96 Å². The van der Waals surface area contributed by atoms with Gasteiger partial charge in [-0.3, -0.25) is 5.41 Å². The topological polar surface area (TPSA) is 53.1 Å². The van der Waals surface area contributed by atoms with Gasteiger partial charge in [0.15, 0.2) is 5.96 Å². The van der Waals surface area contributed by atoms with Gasteiger partial charge in [0.2, 0.25) is 0 Å². The van der Waals surface area contributed by atoms with Crippen molar-refractivity contribution in [2.45, 2.75) is 19.4 Å².